The number of anilines is 2. The largest absolute Gasteiger partial charge is 0.465 e. The molecule has 2 aromatic carbocycles. The number of hydrogen-bond donors (Lipinski definition) is 1. The summed E-state index contributed by atoms with van der Waals surface area (Å²) in [7, 11) is 0. The van der Waals surface area contributed by atoms with Crippen LogP contribution >= 0.6 is 11.6 Å². The summed E-state index contributed by atoms with van der Waals surface area (Å²) in [5.41, 5.74) is -0.181. The Morgan fingerprint density at radius 2 is 1.94 bits per heavy atom. The standard InChI is InChI=1S/C31H27ClF3N7O5/c1-2-47-25(43)17-40-16-24(42(30(40)46)29-37-11-10-19(15-36)39-29)28(45)41(21-7-5-6-18(33)12-21)26(22-8-3-4-9-23(22)32)27(44)38-20-13-31(34,35)14-20/h3-12,20,24,26H,2,13-14,16-17H2,1H3,(H,38,44)/t24-,26?/m0/s1. The lowest BCUT2D eigenvalue weighted by atomic mass is 9.87. The number of amides is 4. The number of nitrogens with zero attached hydrogens (tertiary/aromatic N) is 6. The van der Waals surface area contributed by atoms with Crippen LogP contribution in [0.25, 0.3) is 0 Å². The first kappa shape index (κ1) is 33.1. The summed E-state index contributed by atoms with van der Waals surface area (Å²) in [6.45, 7) is 0.601. The van der Waals surface area contributed by atoms with Crippen LogP contribution in [-0.2, 0) is 19.1 Å². The van der Waals surface area contributed by atoms with Gasteiger partial charge < -0.3 is 15.0 Å². The second-order valence-corrected chi connectivity index (χ2v) is 11.2. The fourth-order valence-corrected chi connectivity index (χ4v) is 5.66. The summed E-state index contributed by atoms with van der Waals surface area (Å²) in [4.78, 5) is 65.9. The van der Waals surface area contributed by atoms with Crippen molar-refractivity contribution < 1.29 is 37.1 Å². The average molecular weight is 670 g/mol. The third-order valence-electron chi connectivity index (χ3n) is 7.53. The first-order chi connectivity index (χ1) is 22.4. The molecule has 5 rings (SSSR count). The van der Waals surface area contributed by atoms with Gasteiger partial charge in [-0.1, -0.05) is 35.9 Å². The molecule has 47 heavy (non-hydrogen) atoms. The number of ether oxygens (including phenoxy) is 1. The number of aromatic nitrogens is 2. The Morgan fingerprint density at radius 1 is 1.19 bits per heavy atom. The van der Waals surface area contributed by atoms with Gasteiger partial charge in [0.05, 0.1) is 13.2 Å². The first-order valence-corrected chi connectivity index (χ1v) is 14.8. The number of esters is 1. The van der Waals surface area contributed by atoms with Crippen LogP contribution in [0.5, 0.6) is 0 Å². The van der Waals surface area contributed by atoms with Crippen LogP contribution in [0.3, 0.4) is 0 Å². The van der Waals surface area contributed by atoms with Crippen molar-refractivity contribution in [1.29, 1.82) is 5.26 Å². The number of hydrogen-bond acceptors (Lipinski definition) is 8. The van der Waals surface area contributed by atoms with E-state index in [1.165, 1.54) is 36.5 Å². The summed E-state index contributed by atoms with van der Waals surface area (Å²) >= 11 is 6.52. The quantitative estimate of drug-likeness (QED) is 0.319. The van der Waals surface area contributed by atoms with E-state index in [9.17, 15) is 37.6 Å². The molecule has 0 radical (unpaired) electrons. The van der Waals surface area contributed by atoms with E-state index in [0.29, 0.717) is 0 Å². The fraction of sp³-hybridized carbons (Fsp3) is 0.323. The van der Waals surface area contributed by atoms with Gasteiger partial charge in [0.25, 0.3) is 11.8 Å². The molecule has 12 nitrogen and oxygen atoms in total. The van der Waals surface area contributed by atoms with Crippen LogP contribution < -0.4 is 15.1 Å². The Kier molecular flexibility index (Phi) is 9.61. The Bertz CT molecular complexity index is 1750. The van der Waals surface area contributed by atoms with E-state index in [4.69, 9.17) is 16.3 Å². The van der Waals surface area contributed by atoms with Gasteiger partial charge in [-0.3, -0.25) is 19.3 Å². The highest BCUT2D eigenvalue weighted by molar-refractivity contribution is 6.31. The number of nitriles is 1. The Balaban J connectivity index is 1.63. The molecule has 16 heteroatoms. The number of halogens is 4. The van der Waals surface area contributed by atoms with Gasteiger partial charge in [-0.2, -0.15) is 5.26 Å². The van der Waals surface area contributed by atoms with Gasteiger partial charge in [-0.05, 0) is 37.3 Å². The minimum absolute atomic E-state index is 0.0230. The molecule has 1 unspecified atom stereocenters. The number of benzene rings is 2. The molecule has 1 aromatic heterocycles. The van der Waals surface area contributed by atoms with E-state index in [0.717, 1.165) is 26.8 Å². The van der Waals surface area contributed by atoms with Crippen LogP contribution in [0.1, 0.15) is 37.1 Å². The summed E-state index contributed by atoms with van der Waals surface area (Å²) in [6.07, 6.45) is -0.0488. The van der Waals surface area contributed by atoms with Crippen molar-refractivity contribution in [3.63, 3.8) is 0 Å². The lowest BCUT2D eigenvalue weighted by Crippen LogP contribution is -2.56. The molecule has 1 saturated heterocycles. The molecule has 244 valence electrons. The van der Waals surface area contributed by atoms with Crippen LogP contribution in [0.2, 0.25) is 5.02 Å². The van der Waals surface area contributed by atoms with Gasteiger partial charge in [0.15, 0.2) is 0 Å². The normalized spacial score (nSPS) is 17.8. The van der Waals surface area contributed by atoms with Crippen LogP contribution in [-0.4, -0.2) is 76.4 Å². The number of carbonyl (C=O) groups is 4. The molecule has 0 spiro atoms. The average Bonchev–Trinajstić information content (AvgIpc) is 3.34. The van der Waals surface area contributed by atoms with Crippen molar-refractivity contribution >= 4 is 47.1 Å². The number of rotatable bonds is 10. The molecule has 2 atom stereocenters. The molecular formula is C31H27ClF3N7O5. The van der Waals surface area contributed by atoms with Gasteiger partial charge in [0, 0.05) is 41.4 Å². The van der Waals surface area contributed by atoms with E-state index in [1.807, 2.05) is 6.07 Å². The molecule has 2 fully saturated rings. The summed E-state index contributed by atoms with van der Waals surface area (Å²) in [6, 6.07) is 8.87. The smallest absolute Gasteiger partial charge is 0.328 e. The minimum Gasteiger partial charge on any atom is -0.465 e. The van der Waals surface area contributed by atoms with E-state index in [1.54, 1.807) is 19.1 Å². The minimum atomic E-state index is -2.97. The molecule has 1 aliphatic carbocycles. The SMILES string of the molecule is CCOC(=O)CN1C[C@@H](C(=O)N(c2cccc(F)c2)C(C(=O)NC2CC(F)(F)C2)c2ccccc2Cl)N(c2nccc(C#N)n2)C1=O. The van der Waals surface area contributed by atoms with Crippen LogP contribution in [0.4, 0.5) is 29.6 Å². The summed E-state index contributed by atoms with van der Waals surface area (Å²) < 4.78 is 47.1. The topological polar surface area (TPSA) is 149 Å². The van der Waals surface area contributed by atoms with E-state index < -0.39 is 79.6 Å². The highest BCUT2D eigenvalue weighted by Crippen LogP contribution is 2.39. The molecule has 1 saturated carbocycles. The van der Waals surface area contributed by atoms with Gasteiger partial charge in [0.2, 0.25) is 11.9 Å². The maximum Gasteiger partial charge on any atom is 0.328 e. The maximum atomic E-state index is 14.8. The highest BCUT2D eigenvalue weighted by atomic mass is 35.5. The zero-order valence-corrected chi connectivity index (χ0v) is 25.5. The summed E-state index contributed by atoms with van der Waals surface area (Å²) in [5.74, 6) is -6.72. The van der Waals surface area contributed by atoms with Crippen molar-refractivity contribution in [1.82, 2.24) is 20.2 Å². The third-order valence-corrected chi connectivity index (χ3v) is 7.88. The number of alkyl halides is 2. The van der Waals surface area contributed by atoms with Crippen molar-refractivity contribution in [2.75, 3.05) is 29.5 Å². The molecule has 3 aromatic rings. The maximum absolute atomic E-state index is 14.8. The predicted octanol–water partition coefficient (Wildman–Crippen LogP) is 4.00. The van der Waals surface area contributed by atoms with Crippen molar-refractivity contribution in [3.05, 3.63) is 82.9 Å². The lowest BCUT2D eigenvalue weighted by molar-refractivity contribution is -0.143. The predicted molar refractivity (Wildman–Crippen MR) is 161 cm³/mol. The van der Waals surface area contributed by atoms with Crippen LogP contribution in [0.15, 0.2) is 60.8 Å². The number of nitrogens with one attached hydrogen (secondary N) is 1. The van der Waals surface area contributed by atoms with Gasteiger partial charge in [-0.25, -0.2) is 32.8 Å². The van der Waals surface area contributed by atoms with E-state index in [2.05, 4.69) is 15.3 Å². The second kappa shape index (κ2) is 13.6. The molecule has 2 aliphatic rings. The van der Waals surface area contributed by atoms with Gasteiger partial charge >= 0.3 is 12.0 Å². The molecular weight excluding hydrogens is 643 g/mol. The number of carbonyl (C=O) groups excluding carboxylic acids is 4. The van der Waals surface area contributed by atoms with Crippen molar-refractivity contribution in [2.24, 2.45) is 0 Å². The molecule has 0 bridgehead atoms. The second-order valence-electron chi connectivity index (χ2n) is 10.8. The van der Waals surface area contributed by atoms with Gasteiger partial charge in [0.1, 0.15) is 36.2 Å². The Hall–Kier alpha value is -5.23. The molecule has 2 heterocycles. The molecule has 1 N–H and O–H groups in total. The first-order valence-electron chi connectivity index (χ1n) is 14.4. The fourth-order valence-electron chi connectivity index (χ4n) is 5.42. The molecule has 4 amide bonds. The van der Waals surface area contributed by atoms with Crippen molar-refractivity contribution in [3.8, 4) is 6.07 Å². The molecule has 1 aliphatic heterocycles. The van der Waals surface area contributed by atoms with Gasteiger partial charge in [-0.15, -0.1) is 0 Å². The highest BCUT2D eigenvalue weighted by Gasteiger charge is 2.50. The van der Waals surface area contributed by atoms with E-state index in [-0.39, 0.29) is 34.5 Å². The monoisotopic (exact) mass is 669 g/mol. The number of urea groups is 1. The lowest BCUT2D eigenvalue weighted by Gasteiger charge is -2.39. The van der Waals surface area contributed by atoms with E-state index >= 15 is 0 Å². The Morgan fingerprint density at radius 3 is 2.60 bits per heavy atom. The third kappa shape index (κ3) is 7.12. The Labute approximate surface area is 271 Å². The zero-order chi connectivity index (χ0) is 33.9. The zero-order valence-electron chi connectivity index (χ0n) is 24.8. The summed E-state index contributed by atoms with van der Waals surface area (Å²) in [5, 5.41) is 12.0. The van der Waals surface area contributed by atoms with Crippen molar-refractivity contribution in [2.45, 2.75) is 43.8 Å². The van der Waals surface area contributed by atoms with Crippen LogP contribution in [0, 0.1) is 17.1 Å².